The van der Waals surface area contributed by atoms with E-state index in [-0.39, 0.29) is 6.61 Å². The van der Waals surface area contributed by atoms with E-state index in [1.54, 1.807) is 12.4 Å². The minimum Gasteiger partial charge on any atom is -0.444 e. The van der Waals surface area contributed by atoms with Crippen molar-refractivity contribution in [2.75, 3.05) is 11.9 Å². The molecule has 0 fully saturated rings. The van der Waals surface area contributed by atoms with Gasteiger partial charge in [0.1, 0.15) is 5.60 Å². The Morgan fingerprint density at radius 3 is 2.69 bits per heavy atom. The summed E-state index contributed by atoms with van der Waals surface area (Å²) in [4.78, 5) is 25.0. The van der Waals surface area contributed by atoms with Crippen molar-refractivity contribution in [1.82, 2.24) is 20.3 Å². The molecule has 0 spiro atoms. The fraction of sp³-hybridized carbons (Fsp3) is 0.333. The number of rotatable bonds is 8. The van der Waals surface area contributed by atoms with Crippen LogP contribution in [0.25, 0.3) is 11.3 Å². The molecular weight excluding hydrogens is 406 g/mol. The molecule has 0 saturated carbocycles. The van der Waals surface area contributed by atoms with Crippen molar-refractivity contribution in [3.63, 3.8) is 0 Å². The molecular formula is C24H29N5O3. The van der Waals surface area contributed by atoms with Crippen LogP contribution in [-0.4, -0.2) is 38.3 Å². The van der Waals surface area contributed by atoms with E-state index < -0.39 is 11.7 Å². The number of carbonyl (C=O) groups excluding carboxylic acids is 1. The van der Waals surface area contributed by atoms with Crippen molar-refractivity contribution >= 4 is 17.7 Å². The van der Waals surface area contributed by atoms with Crippen molar-refractivity contribution in [2.24, 2.45) is 0 Å². The number of aliphatic hydroxyl groups is 1. The quantitative estimate of drug-likeness (QED) is 0.454. The summed E-state index contributed by atoms with van der Waals surface area (Å²) in [5, 5.41) is 15.2. The molecule has 3 aromatic rings. The van der Waals surface area contributed by atoms with Crippen LogP contribution in [0.5, 0.6) is 0 Å². The van der Waals surface area contributed by atoms with E-state index in [1.807, 2.05) is 63.2 Å². The van der Waals surface area contributed by atoms with Gasteiger partial charge in [-0.2, -0.15) is 0 Å². The standard InChI is InChI=1S/C24H29N5O3/c1-24(2,3)32-23(31)27-11-5-8-19-15-18(9-12-25-19)21-10-13-26-22(29-21)28-20-7-4-6-17(14-20)16-30/h4,6-7,9-10,12-15,30H,5,8,11,16H2,1-3H3,(H,27,31)(H,26,28,29). The number of anilines is 2. The van der Waals surface area contributed by atoms with Crippen molar-refractivity contribution in [1.29, 1.82) is 0 Å². The van der Waals surface area contributed by atoms with Crippen LogP contribution < -0.4 is 10.6 Å². The van der Waals surface area contributed by atoms with Crippen molar-refractivity contribution in [3.05, 3.63) is 66.1 Å². The highest BCUT2D eigenvalue weighted by atomic mass is 16.6. The van der Waals surface area contributed by atoms with Crippen LogP contribution in [0.15, 0.2) is 54.9 Å². The predicted molar refractivity (Wildman–Crippen MR) is 123 cm³/mol. The molecule has 3 N–H and O–H groups in total. The molecule has 0 unspecified atom stereocenters. The number of pyridine rings is 1. The molecule has 0 saturated heterocycles. The third-order valence-corrected chi connectivity index (χ3v) is 4.41. The fourth-order valence-corrected chi connectivity index (χ4v) is 3.00. The highest BCUT2D eigenvalue weighted by Crippen LogP contribution is 2.21. The first-order valence-corrected chi connectivity index (χ1v) is 10.5. The number of aryl methyl sites for hydroxylation is 1. The van der Waals surface area contributed by atoms with E-state index in [1.165, 1.54) is 0 Å². The molecule has 0 radical (unpaired) electrons. The SMILES string of the molecule is CC(C)(C)OC(=O)NCCCc1cc(-c2ccnc(Nc3cccc(CO)c3)n2)ccn1. The van der Waals surface area contributed by atoms with Crippen LogP contribution in [0.2, 0.25) is 0 Å². The number of aliphatic hydroxyl groups excluding tert-OH is 1. The molecule has 1 aromatic carbocycles. The molecule has 0 atom stereocenters. The summed E-state index contributed by atoms with van der Waals surface area (Å²) in [6, 6.07) is 13.2. The van der Waals surface area contributed by atoms with Gasteiger partial charge < -0.3 is 20.5 Å². The number of benzene rings is 1. The van der Waals surface area contributed by atoms with Gasteiger partial charge in [0, 0.05) is 35.9 Å². The number of hydrogen-bond donors (Lipinski definition) is 3. The first kappa shape index (κ1) is 23.1. The molecule has 2 heterocycles. The lowest BCUT2D eigenvalue weighted by atomic mass is 10.1. The third-order valence-electron chi connectivity index (χ3n) is 4.41. The average molecular weight is 436 g/mol. The van der Waals surface area contributed by atoms with E-state index in [9.17, 15) is 9.90 Å². The average Bonchev–Trinajstić information content (AvgIpc) is 2.76. The van der Waals surface area contributed by atoms with Gasteiger partial charge in [0.15, 0.2) is 0 Å². The highest BCUT2D eigenvalue weighted by molar-refractivity contribution is 5.67. The van der Waals surface area contributed by atoms with Crippen molar-refractivity contribution < 1.29 is 14.6 Å². The molecule has 0 bridgehead atoms. The summed E-state index contributed by atoms with van der Waals surface area (Å²) < 4.78 is 5.24. The second-order valence-electron chi connectivity index (χ2n) is 8.32. The van der Waals surface area contributed by atoms with Gasteiger partial charge >= 0.3 is 6.09 Å². The predicted octanol–water partition coefficient (Wildman–Crippen LogP) is 4.23. The summed E-state index contributed by atoms with van der Waals surface area (Å²) in [6.45, 7) is 5.99. The van der Waals surface area contributed by atoms with Gasteiger partial charge in [-0.15, -0.1) is 0 Å². The van der Waals surface area contributed by atoms with E-state index in [0.717, 1.165) is 34.6 Å². The van der Waals surface area contributed by atoms with Crippen LogP contribution in [-0.2, 0) is 17.8 Å². The number of aromatic nitrogens is 3. The molecule has 1 amide bonds. The number of amides is 1. The Morgan fingerprint density at radius 2 is 1.91 bits per heavy atom. The van der Waals surface area contributed by atoms with Crippen LogP contribution in [0.1, 0.15) is 38.4 Å². The van der Waals surface area contributed by atoms with Gasteiger partial charge in [-0.1, -0.05) is 12.1 Å². The van der Waals surface area contributed by atoms with Gasteiger partial charge in [0.2, 0.25) is 5.95 Å². The minimum absolute atomic E-state index is 0.0243. The van der Waals surface area contributed by atoms with Crippen molar-refractivity contribution in [2.45, 2.75) is 45.8 Å². The third kappa shape index (κ3) is 7.31. The van der Waals surface area contributed by atoms with E-state index in [4.69, 9.17) is 4.74 Å². The van der Waals surface area contributed by atoms with Crippen LogP contribution in [0.3, 0.4) is 0 Å². The van der Waals surface area contributed by atoms with E-state index in [2.05, 4.69) is 25.6 Å². The van der Waals surface area contributed by atoms with Gasteiger partial charge in [0.25, 0.3) is 0 Å². The molecule has 0 aliphatic rings. The van der Waals surface area contributed by atoms with E-state index in [0.29, 0.717) is 18.9 Å². The Hall–Kier alpha value is -3.52. The molecule has 8 heteroatoms. The van der Waals surface area contributed by atoms with Gasteiger partial charge in [0.05, 0.1) is 12.3 Å². The molecule has 8 nitrogen and oxygen atoms in total. The zero-order valence-electron chi connectivity index (χ0n) is 18.6. The Balaban J connectivity index is 1.60. The number of ether oxygens (including phenoxy) is 1. The lowest BCUT2D eigenvalue weighted by Crippen LogP contribution is -2.33. The largest absolute Gasteiger partial charge is 0.444 e. The zero-order valence-corrected chi connectivity index (χ0v) is 18.6. The summed E-state index contributed by atoms with van der Waals surface area (Å²) in [6.07, 6.45) is 4.50. The second-order valence-corrected chi connectivity index (χ2v) is 8.32. The molecule has 32 heavy (non-hydrogen) atoms. The Bertz CT molecular complexity index is 1050. The maximum absolute atomic E-state index is 11.7. The summed E-state index contributed by atoms with van der Waals surface area (Å²) in [5.41, 5.74) is 3.73. The molecule has 2 aromatic heterocycles. The molecule has 168 valence electrons. The fourth-order valence-electron chi connectivity index (χ4n) is 3.00. The maximum atomic E-state index is 11.7. The number of nitrogens with zero attached hydrogens (tertiary/aromatic N) is 3. The van der Waals surface area contributed by atoms with Crippen LogP contribution >= 0.6 is 0 Å². The smallest absolute Gasteiger partial charge is 0.407 e. The molecule has 0 aliphatic heterocycles. The molecule has 0 aliphatic carbocycles. The maximum Gasteiger partial charge on any atom is 0.407 e. The van der Waals surface area contributed by atoms with Crippen LogP contribution in [0, 0.1) is 0 Å². The monoisotopic (exact) mass is 435 g/mol. The van der Waals surface area contributed by atoms with Gasteiger partial charge in [-0.25, -0.2) is 14.8 Å². The first-order valence-electron chi connectivity index (χ1n) is 10.5. The summed E-state index contributed by atoms with van der Waals surface area (Å²) >= 11 is 0. The summed E-state index contributed by atoms with van der Waals surface area (Å²) in [5.74, 6) is 0.470. The lowest BCUT2D eigenvalue weighted by Gasteiger charge is -2.19. The second kappa shape index (κ2) is 10.7. The number of carbonyl (C=O) groups is 1. The zero-order chi connectivity index (χ0) is 23.0. The van der Waals surface area contributed by atoms with Gasteiger partial charge in [-0.05, 0) is 69.5 Å². The highest BCUT2D eigenvalue weighted by Gasteiger charge is 2.15. The van der Waals surface area contributed by atoms with Crippen LogP contribution in [0.4, 0.5) is 16.4 Å². The molecule has 3 rings (SSSR count). The number of alkyl carbamates (subject to hydrolysis) is 1. The Morgan fingerprint density at radius 1 is 1.09 bits per heavy atom. The number of nitrogens with one attached hydrogen (secondary N) is 2. The lowest BCUT2D eigenvalue weighted by molar-refractivity contribution is 0.0527. The Labute approximate surface area is 188 Å². The normalized spacial score (nSPS) is 11.1. The van der Waals surface area contributed by atoms with E-state index >= 15 is 0 Å². The van der Waals surface area contributed by atoms with Gasteiger partial charge in [-0.3, -0.25) is 4.98 Å². The topological polar surface area (TPSA) is 109 Å². The minimum atomic E-state index is -0.507. The Kier molecular flexibility index (Phi) is 7.72. The number of hydrogen-bond acceptors (Lipinski definition) is 7. The summed E-state index contributed by atoms with van der Waals surface area (Å²) in [7, 11) is 0. The first-order chi connectivity index (χ1) is 15.3. The van der Waals surface area contributed by atoms with Crippen molar-refractivity contribution in [3.8, 4) is 11.3 Å².